The molecule has 0 aliphatic heterocycles. The van der Waals surface area contributed by atoms with Gasteiger partial charge in [-0.2, -0.15) is 0 Å². The summed E-state index contributed by atoms with van der Waals surface area (Å²) in [6, 6.07) is 12.8. The summed E-state index contributed by atoms with van der Waals surface area (Å²) >= 11 is 0. The lowest BCUT2D eigenvalue weighted by atomic mass is 10.0. The fourth-order valence-corrected chi connectivity index (χ4v) is 3.62. The van der Waals surface area contributed by atoms with Gasteiger partial charge in [-0.3, -0.25) is 4.98 Å². The molecule has 1 aliphatic carbocycles. The molecule has 0 radical (unpaired) electrons. The number of aryl methyl sites for hydroxylation is 1. The third kappa shape index (κ3) is 3.34. The number of hydrogen-bond donors (Lipinski definition) is 0. The zero-order chi connectivity index (χ0) is 20.0. The highest BCUT2D eigenvalue weighted by atomic mass is 15.0. The first-order chi connectivity index (χ1) is 13.3. The molecule has 142 valence electrons. The summed E-state index contributed by atoms with van der Waals surface area (Å²) in [6.07, 6.45) is 4.65. The van der Waals surface area contributed by atoms with Crippen molar-refractivity contribution in [3.63, 3.8) is 0 Å². The van der Waals surface area contributed by atoms with Crippen molar-refractivity contribution in [2.24, 2.45) is 7.05 Å². The summed E-state index contributed by atoms with van der Waals surface area (Å²) in [4.78, 5) is 9.09. The van der Waals surface area contributed by atoms with E-state index in [4.69, 9.17) is 0 Å². The lowest BCUT2D eigenvalue weighted by molar-refractivity contribution is 0.989. The van der Waals surface area contributed by atoms with Crippen molar-refractivity contribution < 1.29 is 0 Å². The molecule has 3 aromatic heterocycles. The van der Waals surface area contributed by atoms with Crippen LogP contribution in [0.15, 0.2) is 48.8 Å². The standard InChI is InChI=1S/C18H13N3.3C2H6/c1-21-16-7-6-11-12-4-2-8-19-15(12)10-14(11)17(16)13-5-3-9-20-18(13)21;3*1-2/h2-9H,10H2,1H3;3*1-2H3. The molecule has 0 saturated heterocycles. The van der Waals surface area contributed by atoms with Gasteiger partial charge in [0.25, 0.3) is 0 Å². The Bertz CT molecular complexity index is 1030. The molecule has 3 heterocycles. The maximum atomic E-state index is 4.55. The first-order valence-corrected chi connectivity index (χ1v) is 10.1. The zero-order valence-electron chi connectivity index (χ0n) is 17.7. The Kier molecular flexibility index (Phi) is 7.12. The Morgan fingerprint density at radius 1 is 0.778 bits per heavy atom. The quantitative estimate of drug-likeness (QED) is 0.305. The van der Waals surface area contributed by atoms with Crippen molar-refractivity contribution in [3.8, 4) is 11.1 Å². The monoisotopic (exact) mass is 361 g/mol. The summed E-state index contributed by atoms with van der Waals surface area (Å²) < 4.78 is 2.18. The Hall–Kier alpha value is -2.68. The van der Waals surface area contributed by atoms with Gasteiger partial charge in [-0.15, -0.1) is 0 Å². The number of aromatic nitrogens is 3. The van der Waals surface area contributed by atoms with Gasteiger partial charge < -0.3 is 4.57 Å². The lowest BCUT2D eigenvalue weighted by Gasteiger charge is -2.03. The summed E-state index contributed by atoms with van der Waals surface area (Å²) in [5.41, 5.74) is 7.46. The van der Waals surface area contributed by atoms with Crippen LogP contribution in [-0.2, 0) is 13.5 Å². The zero-order valence-corrected chi connectivity index (χ0v) is 17.7. The van der Waals surface area contributed by atoms with E-state index in [0.717, 1.165) is 12.1 Å². The van der Waals surface area contributed by atoms with Gasteiger partial charge in [0.05, 0.1) is 11.2 Å². The molecule has 3 nitrogen and oxygen atoms in total. The van der Waals surface area contributed by atoms with E-state index in [1.165, 1.54) is 38.7 Å². The number of pyridine rings is 2. The van der Waals surface area contributed by atoms with E-state index < -0.39 is 0 Å². The molecule has 3 heteroatoms. The van der Waals surface area contributed by atoms with Crippen molar-refractivity contribution in [2.45, 2.75) is 48.0 Å². The van der Waals surface area contributed by atoms with Crippen molar-refractivity contribution in [1.82, 2.24) is 14.5 Å². The van der Waals surface area contributed by atoms with E-state index in [9.17, 15) is 0 Å². The van der Waals surface area contributed by atoms with E-state index in [-0.39, 0.29) is 0 Å². The van der Waals surface area contributed by atoms with Crippen LogP contribution in [0.1, 0.15) is 52.8 Å². The predicted octanol–water partition coefficient (Wildman–Crippen LogP) is 6.77. The minimum atomic E-state index is 0.914. The fourth-order valence-electron chi connectivity index (χ4n) is 3.62. The molecule has 4 aromatic rings. The van der Waals surface area contributed by atoms with Crippen molar-refractivity contribution in [3.05, 3.63) is 60.0 Å². The molecule has 0 spiro atoms. The van der Waals surface area contributed by atoms with Gasteiger partial charge in [0.15, 0.2) is 0 Å². The second-order valence-corrected chi connectivity index (χ2v) is 5.59. The highest BCUT2D eigenvalue weighted by Gasteiger charge is 2.23. The van der Waals surface area contributed by atoms with Gasteiger partial charge in [-0.25, -0.2) is 4.98 Å². The topological polar surface area (TPSA) is 30.7 Å². The molecular weight excluding hydrogens is 330 g/mol. The average Bonchev–Trinajstić information content (AvgIpc) is 3.28. The second-order valence-electron chi connectivity index (χ2n) is 5.59. The minimum Gasteiger partial charge on any atom is -0.328 e. The van der Waals surface area contributed by atoms with Crippen LogP contribution < -0.4 is 0 Å². The Morgan fingerprint density at radius 3 is 2.19 bits per heavy atom. The highest BCUT2D eigenvalue weighted by molar-refractivity contribution is 6.11. The largest absolute Gasteiger partial charge is 0.328 e. The summed E-state index contributed by atoms with van der Waals surface area (Å²) in [5, 5.41) is 2.57. The van der Waals surface area contributed by atoms with E-state index in [1.54, 1.807) is 0 Å². The number of nitrogens with zero attached hydrogens (tertiary/aromatic N) is 3. The first kappa shape index (κ1) is 20.6. The number of benzene rings is 1. The van der Waals surface area contributed by atoms with E-state index in [1.807, 2.05) is 66.1 Å². The third-order valence-corrected chi connectivity index (χ3v) is 4.55. The van der Waals surface area contributed by atoms with Crippen LogP contribution in [0.5, 0.6) is 0 Å². The number of hydrogen-bond acceptors (Lipinski definition) is 2. The van der Waals surface area contributed by atoms with E-state index >= 15 is 0 Å². The molecule has 1 aliphatic rings. The first-order valence-electron chi connectivity index (χ1n) is 10.1. The lowest BCUT2D eigenvalue weighted by Crippen LogP contribution is -1.89. The van der Waals surface area contributed by atoms with Crippen LogP contribution >= 0.6 is 0 Å². The molecule has 0 amide bonds. The molecule has 0 saturated carbocycles. The van der Waals surface area contributed by atoms with E-state index in [0.29, 0.717) is 0 Å². The van der Waals surface area contributed by atoms with Crippen LogP contribution in [-0.4, -0.2) is 14.5 Å². The van der Waals surface area contributed by atoms with Crippen LogP contribution in [0.3, 0.4) is 0 Å². The molecule has 0 atom stereocenters. The van der Waals surface area contributed by atoms with Crippen LogP contribution in [0, 0.1) is 0 Å². The van der Waals surface area contributed by atoms with Gasteiger partial charge in [-0.1, -0.05) is 53.7 Å². The molecule has 0 fully saturated rings. The smallest absolute Gasteiger partial charge is 0.140 e. The molecular formula is C24H31N3. The van der Waals surface area contributed by atoms with Gasteiger partial charge in [0.1, 0.15) is 5.65 Å². The Morgan fingerprint density at radius 2 is 1.44 bits per heavy atom. The van der Waals surface area contributed by atoms with E-state index in [2.05, 4.69) is 45.8 Å². The molecule has 5 rings (SSSR count). The maximum absolute atomic E-state index is 4.55. The molecule has 0 unspecified atom stereocenters. The maximum Gasteiger partial charge on any atom is 0.140 e. The van der Waals surface area contributed by atoms with Crippen LogP contribution in [0.2, 0.25) is 0 Å². The average molecular weight is 362 g/mol. The third-order valence-electron chi connectivity index (χ3n) is 4.55. The fraction of sp³-hybridized carbons (Fsp3) is 0.333. The van der Waals surface area contributed by atoms with Crippen molar-refractivity contribution in [2.75, 3.05) is 0 Å². The molecule has 27 heavy (non-hydrogen) atoms. The summed E-state index contributed by atoms with van der Waals surface area (Å²) in [6.45, 7) is 12.0. The van der Waals surface area contributed by atoms with Crippen LogP contribution in [0.4, 0.5) is 0 Å². The van der Waals surface area contributed by atoms with Crippen LogP contribution in [0.25, 0.3) is 33.1 Å². The SMILES string of the molecule is CC.CC.CC.Cn1c2ccc3c(c2c2cccnc21)Cc1ncccc1-3. The normalized spacial score (nSPS) is 10.6. The Labute approximate surface area is 163 Å². The summed E-state index contributed by atoms with van der Waals surface area (Å²) in [5.74, 6) is 0. The molecule has 0 N–H and O–H groups in total. The highest BCUT2D eigenvalue weighted by Crippen LogP contribution is 2.42. The number of fused-ring (bicyclic) bond motifs is 7. The predicted molar refractivity (Wildman–Crippen MR) is 118 cm³/mol. The van der Waals surface area contributed by atoms with Crippen molar-refractivity contribution >= 4 is 21.9 Å². The molecule has 1 aromatic carbocycles. The number of rotatable bonds is 0. The van der Waals surface area contributed by atoms with Gasteiger partial charge in [0.2, 0.25) is 0 Å². The Balaban J connectivity index is 0.000000400. The molecule has 0 bridgehead atoms. The van der Waals surface area contributed by atoms with Gasteiger partial charge in [0, 0.05) is 42.2 Å². The van der Waals surface area contributed by atoms with Gasteiger partial charge in [-0.05, 0) is 35.4 Å². The second kappa shape index (κ2) is 9.31. The van der Waals surface area contributed by atoms with Gasteiger partial charge >= 0.3 is 0 Å². The minimum absolute atomic E-state index is 0.914. The van der Waals surface area contributed by atoms with Crippen molar-refractivity contribution in [1.29, 1.82) is 0 Å². The summed E-state index contributed by atoms with van der Waals surface area (Å²) in [7, 11) is 2.09.